The van der Waals surface area contributed by atoms with Gasteiger partial charge < -0.3 is 19.7 Å². The van der Waals surface area contributed by atoms with Gasteiger partial charge in [-0.05, 0) is 42.5 Å². The van der Waals surface area contributed by atoms with E-state index in [1.165, 1.54) is 17.7 Å². The summed E-state index contributed by atoms with van der Waals surface area (Å²) in [4.78, 5) is 14.3. The Bertz CT molecular complexity index is 820. The van der Waals surface area contributed by atoms with Crippen molar-refractivity contribution in [3.05, 3.63) is 71.5 Å². The summed E-state index contributed by atoms with van der Waals surface area (Å²) in [6, 6.07) is 16.3. The van der Waals surface area contributed by atoms with Crippen LogP contribution in [0, 0.1) is 5.82 Å². The molecule has 0 aliphatic carbocycles. The molecule has 2 heterocycles. The average molecular weight is 413 g/mol. The molecule has 0 bridgehead atoms. The van der Waals surface area contributed by atoms with Gasteiger partial charge in [-0.1, -0.05) is 42.5 Å². The number of benzene rings is 2. The summed E-state index contributed by atoms with van der Waals surface area (Å²) in [5.74, 6) is -0.273. The maximum absolute atomic E-state index is 13.0. The summed E-state index contributed by atoms with van der Waals surface area (Å²) in [6.07, 6.45) is 3.63. The van der Waals surface area contributed by atoms with Crippen molar-refractivity contribution in [2.75, 3.05) is 19.7 Å². The number of urea groups is 1. The van der Waals surface area contributed by atoms with Gasteiger partial charge in [-0.15, -0.1) is 0 Å². The normalized spacial score (nSPS) is 20.8. The van der Waals surface area contributed by atoms with Crippen LogP contribution in [0.5, 0.6) is 0 Å². The number of amides is 2. The minimum absolute atomic E-state index is 0.0816. The molecular formula is C24H29FN2O3. The third-order valence-electron chi connectivity index (χ3n) is 6.10. The molecular weight excluding hydrogens is 383 g/mol. The Labute approximate surface area is 177 Å². The first kappa shape index (κ1) is 20.8. The van der Waals surface area contributed by atoms with E-state index in [2.05, 4.69) is 17.4 Å². The van der Waals surface area contributed by atoms with Crippen molar-refractivity contribution in [2.24, 2.45) is 0 Å². The highest BCUT2D eigenvalue weighted by Crippen LogP contribution is 2.36. The van der Waals surface area contributed by atoms with Gasteiger partial charge in [0.15, 0.2) is 0 Å². The van der Waals surface area contributed by atoms with Crippen molar-refractivity contribution in [3.63, 3.8) is 0 Å². The van der Waals surface area contributed by atoms with Crippen molar-refractivity contribution < 1.29 is 18.7 Å². The van der Waals surface area contributed by atoms with Crippen LogP contribution in [0.2, 0.25) is 0 Å². The van der Waals surface area contributed by atoms with E-state index in [9.17, 15) is 9.18 Å². The molecule has 1 unspecified atom stereocenters. The summed E-state index contributed by atoms with van der Waals surface area (Å²) in [5, 5.41) is 2.93. The zero-order chi connectivity index (χ0) is 20.8. The smallest absolute Gasteiger partial charge is 0.317 e. The summed E-state index contributed by atoms with van der Waals surface area (Å²) in [5.41, 5.74) is 1.88. The minimum atomic E-state index is -0.273. The lowest BCUT2D eigenvalue weighted by Gasteiger charge is -2.46. The molecule has 1 spiro atoms. The quantitative estimate of drug-likeness (QED) is 0.798. The average Bonchev–Trinajstić information content (AvgIpc) is 2.78. The maximum atomic E-state index is 13.0. The van der Waals surface area contributed by atoms with E-state index in [0.717, 1.165) is 31.2 Å². The molecule has 160 valence electrons. The van der Waals surface area contributed by atoms with Gasteiger partial charge in [-0.3, -0.25) is 0 Å². The van der Waals surface area contributed by atoms with E-state index >= 15 is 0 Å². The third-order valence-corrected chi connectivity index (χ3v) is 6.10. The third kappa shape index (κ3) is 5.37. The number of piperidine rings is 1. The molecule has 6 heteroatoms. The Morgan fingerprint density at radius 1 is 1.10 bits per heavy atom. The first-order chi connectivity index (χ1) is 14.6. The molecule has 2 saturated heterocycles. The van der Waals surface area contributed by atoms with Gasteiger partial charge in [-0.2, -0.15) is 0 Å². The number of halogens is 1. The number of likely N-dealkylation sites (tertiary alicyclic amines) is 1. The van der Waals surface area contributed by atoms with Crippen LogP contribution in [0.3, 0.4) is 0 Å². The fraction of sp³-hybridized carbons (Fsp3) is 0.458. The van der Waals surface area contributed by atoms with Crippen LogP contribution in [0.4, 0.5) is 9.18 Å². The van der Waals surface area contributed by atoms with Gasteiger partial charge in [-0.25, -0.2) is 9.18 Å². The zero-order valence-corrected chi connectivity index (χ0v) is 17.2. The number of carbonyl (C=O) groups is 1. The molecule has 0 aromatic heterocycles. The Morgan fingerprint density at radius 3 is 2.57 bits per heavy atom. The van der Waals surface area contributed by atoms with Gasteiger partial charge >= 0.3 is 6.03 Å². The van der Waals surface area contributed by atoms with Gasteiger partial charge in [0.05, 0.1) is 18.3 Å². The standard InChI is InChI=1S/C24H29FN2O3/c25-21-8-6-19(7-9-21)17-26-23(28)27-13-11-24(12-14-27)16-22(10-15-30-24)29-18-20-4-2-1-3-5-20/h1-9,22H,10-18H2,(H,26,28). The zero-order valence-electron chi connectivity index (χ0n) is 17.2. The second-order valence-corrected chi connectivity index (χ2v) is 8.22. The van der Waals surface area contributed by atoms with Crippen molar-refractivity contribution in [1.29, 1.82) is 0 Å². The van der Waals surface area contributed by atoms with Crippen LogP contribution in [-0.4, -0.2) is 42.3 Å². The van der Waals surface area contributed by atoms with Crippen LogP contribution in [0.1, 0.15) is 36.8 Å². The second-order valence-electron chi connectivity index (χ2n) is 8.22. The van der Waals surface area contributed by atoms with Gasteiger partial charge in [0.2, 0.25) is 0 Å². The van der Waals surface area contributed by atoms with Crippen molar-refractivity contribution in [1.82, 2.24) is 10.2 Å². The van der Waals surface area contributed by atoms with E-state index in [1.807, 2.05) is 23.1 Å². The highest BCUT2D eigenvalue weighted by atomic mass is 19.1. The monoisotopic (exact) mass is 412 g/mol. The molecule has 30 heavy (non-hydrogen) atoms. The fourth-order valence-corrected chi connectivity index (χ4v) is 4.27. The van der Waals surface area contributed by atoms with Crippen LogP contribution in [-0.2, 0) is 22.6 Å². The molecule has 2 aliphatic heterocycles. The molecule has 4 rings (SSSR count). The van der Waals surface area contributed by atoms with Crippen molar-refractivity contribution in [3.8, 4) is 0 Å². The second kappa shape index (κ2) is 9.58. The molecule has 2 aromatic rings. The highest BCUT2D eigenvalue weighted by molar-refractivity contribution is 5.74. The van der Waals surface area contributed by atoms with Gasteiger partial charge in [0.1, 0.15) is 5.82 Å². The number of hydrogen-bond donors (Lipinski definition) is 1. The molecule has 2 fully saturated rings. The number of ether oxygens (including phenoxy) is 2. The van der Waals surface area contributed by atoms with E-state index < -0.39 is 0 Å². The SMILES string of the molecule is O=C(NCc1ccc(F)cc1)N1CCC2(CC1)CC(OCc1ccccc1)CCO2. The van der Waals surface area contributed by atoms with E-state index in [0.29, 0.717) is 32.8 Å². The Kier molecular flexibility index (Phi) is 6.65. The predicted molar refractivity (Wildman–Crippen MR) is 112 cm³/mol. The summed E-state index contributed by atoms with van der Waals surface area (Å²) >= 11 is 0. The lowest BCUT2D eigenvalue weighted by atomic mass is 9.83. The van der Waals surface area contributed by atoms with Crippen LogP contribution in [0.25, 0.3) is 0 Å². The Hall–Kier alpha value is -2.44. The molecule has 1 N–H and O–H groups in total. The van der Waals surface area contributed by atoms with Gasteiger partial charge in [0.25, 0.3) is 0 Å². The van der Waals surface area contributed by atoms with Crippen molar-refractivity contribution in [2.45, 2.75) is 50.5 Å². The lowest BCUT2D eigenvalue weighted by Crippen LogP contribution is -2.53. The Morgan fingerprint density at radius 2 is 1.83 bits per heavy atom. The molecule has 2 amide bonds. The topological polar surface area (TPSA) is 50.8 Å². The Balaban J connectivity index is 1.23. The predicted octanol–water partition coefficient (Wildman–Crippen LogP) is 4.27. The fourth-order valence-electron chi connectivity index (χ4n) is 4.27. The van der Waals surface area contributed by atoms with Crippen LogP contribution in [0.15, 0.2) is 54.6 Å². The van der Waals surface area contributed by atoms with E-state index in [1.54, 1.807) is 12.1 Å². The number of nitrogens with one attached hydrogen (secondary N) is 1. The number of nitrogens with zero attached hydrogens (tertiary/aromatic N) is 1. The number of hydrogen-bond acceptors (Lipinski definition) is 3. The van der Waals surface area contributed by atoms with E-state index in [4.69, 9.17) is 9.47 Å². The molecule has 5 nitrogen and oxygen atoms in total. The molecule has 2 aromatic carbocycles. The first-order valence-electron chi connectivity index (χ1n) is 10.7. The van der Waals surface area contributed by atoms with Crippen molar-refractivity contribution >= 4 is 6.03 Å². The number of rotatable bonds is 5. The van der Waals surface area contributed by atoms with Crippen LogP contribution >= 0.6 is 0 Å². The summed E-state index contributed by atoms with van der Waals surface area (Å²) < 4.78 is 25.3. The molecule has 2 aliphatic rings. The minimum Gasteiger partial charge on any atom is -0.375 e. The largest absolute Gasteiger partial charge is 0.375 e. The maximum Gasteiger partial charge on any atom is 0.317 e. The lowest BCUT2D eigenvalue weighted by molar-refractivity contribution is -0.154. The highest BCUT2D eigenvalue weighted by Gasteiger charge is 2.41. The summed E-state index contributed by atoms with van der Waals surface area (Å²) in [7, 11) is 0. The summed E-state index contributed by atoms with van der Waals surface area (Å²) in [6.45, 7) is 3.06. The molecule has 0 saturated carbocycles. The first-order valence-corrected chi connectivity index (χ1v) is 10.7. The van der Waals surface area contributed by atoms with Gasteiger partial charge in [0, 0.05) is 32.7 Å². The molecule has 1 atom stereocenters. The number of carbonyl (C=O) groups excluding carboxylic acids is 1. The molecule has 0 radical (unpaired) electrons. The van der Waals surface area contributed by atoms with Crippen LogP contribution < -0.4 is 5.32 Å². The van der Waals surface area contributed by atoms with E-state index in [-0.39, 0.29) is 23.6 Å².